The van der Waals surface area contributed by atoms with Crippen molar-refractivity contribution in [2.75, 3.05) is 17.2 Å². The van der Waals surface area contributed by atoms with E-state index in [1.54, 1.807) is 6.07 Å². The van der Waals surface area contributed by atoms with E-state index >= 15 is 0 Å². The van der Waals surface area contributed by atoms with Gasteiger partial charge in [-0.1, -0.05) is 25.1 Å². The fourth-order valence-electron chi connectivity index (χ4n) is 4.01. The predicted molar refractivity (Wildman–Crippen MR) is 116 cm³/mol. The fraction of sp³-hybridized carbons (Fsp3) is 0.409. The molecule has 0 bridgehead atoms. The van der Waals surface area contributed by atoms with Crippen molar-refractivity contribution < 1.29 is 4.92 Å². The Morgan fingerprint density at radius 2 is 1.97 bits per heavy atom. The Morgan fingerprint density at radius 3 is 2.72 bits per heavy atom. The van der Waals surface area contributed by atoms with E-state index < -0.39 is 0 Å². The second-order valence-electron chi connectivity index (χ2n) is 7.98. The van der Waals surface area contributed by atoms with Gasteiger partial charge < -0.3 is 15.6 Å². The Balaban J connectivity index is 1.42. The Kier molecular flexibility index (Phi) is 5.64. The number of nitrogens with one attached hydrogen (secondary N) is 3. The van der Waals surface area contributed by atoms with Crippen molar-refractivity contribution in [2.24, 2.45) is 5.92 Å². The lowest BCUT2D eigenvalue weighted by Gasteiger charge is -2.27. The van der Waals surface area contributed by atoms with Gasteiger partial charge in [0.1, 0.15) is 5.82 Å². The molecular formula is C22H27N5O2. The summed E-state index contributed by atoms with van der Waals surface area (Å²) >= 11 is 0. The highest BCUT2D eigenvalue weighted by atomic mass is 16.6. The third-order valence-corrected chi connectivity index (χ3v) is 5.71. The van der Waals surface area contributed by atoms with Crippen molar-refractivity contribution in [1.82, 2.24) is 9.97 Å². The van der Waals surface area contributed by atoms with Gasteiger partial charge in [-0.05, 0) is 55.2 Å². The molecule has 2 heterocycles. The van der Waals surface area contributed by atoms with Crippen LogP contribution in [0.3, 0.4) is 0 Å². The Morgan fingerprint density at radius 1 is 1.17 bits per heavy atom. The van der Waals surface area contributed by atoms with Gasteiger partial charge in [0.25, 0.3) is 0 Å². The lowest BCUT2D eigenvalue weighted by molar-refractivity contribution is -0.384. The number of nitro groups is 1. The molecule has 1 aliphatic rings. The molecule has 152 valence electrons. The van der Waals surface area contributed by atoms with Crippen LogP contribution in [-0.2, 0) is 6.42 Å². The second kappa shape index (κ2) is 8.51. The molecule has 0 aliphatic heterocycles. The number of hydrogen-bond donors (Lipinski definition) is 3. The van der Waals surface area contributed by atoms with Crippen LogP contribution in [0.4, 0.5) is 17.3 Å². The molecular weight excluding hydrogens is 366 g/mol. The first-order valence-electron chi connectivity index (χ1n) is 10.3. The molecule has 4 rings (SSSR count). The average molecular weight is 393 g/mol. The maximum atomic E-state index is 11.4. The molecule has 0 spiro atoms. The van der Waals surface area contributed by atoms with Crippen LogP contribution in [0.5, 0.6) is 0 Å². The lowest BCUT2D eigenvalue weighted by atomic mass is 9.87. The molecule has 1 aliphatic carbocycles. The highest BCUT2D eigenvalue weighted by Crippen LogP contribution is 2.28. The number of H-pyrrole nitrogens is 1. The van der Waals surface area contributed by atoms with Crippen molar-refractivity contribution >= 4 is 28.2 Å². The number of rotatable bonds is 7. The summed E-state index contributed by atoms with van der Waals surface area (Å²) in [6.07, 6.45) is 5.37. The van der Waals surface area contributed by atoms with Crippen LogP contribution in [0.1, 0.15) is 38.3 Å². The monoisotopic (exact) mass is 393 g/mol. The summed E-state index contributed by atoms with van der Waals surface area (Å²) in [4.78, 5) is 18.9. The Labute approximate surface area is 170 Å². The van der Waals surface area contributed by atoms with Crippen molar-refractivity contribution in [3.05, 3.63) is 58.3 Å². The van der Waals surface area contributed by atoms with E-state index in [0.717, 1.165) is 36.4 Å². The smallest absolute Gasteiger partial charge is 0.311 e. The standard InChI is InChI=1S/C22H27N5O2/c1-15-6-8-17(9-7-15)25-21-11-10-20(27(28)29)22(26-21)23-13-12-18-14-16-4-2-3-5-19(16)24-18/h2-5,10-11,14-15,17,24H,6-9,12-13H2,1H3,(H2,23,25,26). The minimum Gasteiger partial charge on any atom is -0.367 e. The van der Waals surface area contributed by atoms with Crippen LogP contribution in [0.25, 0.3) is 10.9 Å². The average Bonchev–Trinajstić information content (AvgIpc) is 3.12. The summed E-state index contributed by atoms with van der Waals surface area (Å²) < 4.78 is 0. The Bertz CT molecular complexity index is 959. The number of benzene rings is 1. The molecule has 0 saturated heterocycles. The molecule has 7 heteroatoms. The third-order valence-electron chi connectivity index (χ3n) is 5.71. The van der Waals surface area contributed by atoms with Gasteiger partial charge in [0.05, 0.1) is 4.92 Å². The van der Waals surface area contributed by atoms with Crippen molar-refractivity contribution in [1.29, 1.82) is 0 Å². The number of nitrogens with zero attached hydrogens (tertiary/aromatic N) is 2. The van der Waals surface area contributed by atoms with Gasteiger partial charge in [-0.15, -0.1) is 0 Å². The number of aromatic nitrogens is 2. The van der Waals surface area contributed by atoms with Crippen LogP contribution in [-0.4, -0.2) is 27.5 Å². The third kappa shape index (κ3) is 4.67. The van der Waals surface area contributed by atoms with Gasteiger partial charge in [0.15, 0.2) is 0 Å². The van der Waals surface area contributed by atoms with E-state index in [9.17, 15) is 10.1 Å². The molecule has 0 radical (unpaired) electrons. The second-order valence-corrected chi connectivity index (χ2v) is 7.98. The van der Waals surface area contributed by atoms with Crippen LogP contribution < -0.4 is 10.6 Å². The van der Waals surface area contributed by atoms with E-state index in [4.69, 9.17) is 0 Å². The maximum Gasteiger partial charge on any atom is 0.311 e. The maximum absolute atomic E-state index is 11.4. The Hall–Kier alpha value is -3.09. The van der Waals surface area contributed by atoms with Gasteiger partial charge in [0.2, 0.25) is 5.82 Å². The molecule has 3 aromatic rings. The van der Waals surface area contributed by atoms with Crippen molar-refractivity contribution in [3.8, 4) is 0 Å². The first-order chi connectivity index (χ1) is 14.1. The molecule has 7 nitrogen and oxygen atoms in total. The zero-order chi connectivity index (χ0) is 20.2. The van der Waals surface area contributed by atoms with E-state index in [1.807, 2.05) is 18.2 Å². The number of aromatic amines is 1. The highest BCUT2D eigenvalue weighted by molar-refractivity contribution is 5.80. The van der Waals surface area contributed by atoms with Crippen LogP contribution in [0.2, 0.25) is 0 Å². The summed E-state index contributed by atoms with van der Waals surface area (Å²) in [6, 6.07) is 13.9. The molecule has 1 fully saturated rings. The van der Waals surface area contributed by atoms with Crippen LogP contribution in [0, 0.1) is 16.0 Å². The SMILES string of the molecule is CC1CCC(Nc2ccc([N+](=O)[O-])c(NCCc3cc4ccccc4[nH]3)n2)CC1. The quantitative estimate of drug-likeness (QED) is 0.383. The zero-order valence-corrected chi connectivity index (χ0v) is 16.6. The number of fused-ring (bicyclic) bond motifs is 1. The summed E-state index contributed by atoms with van der Waals surface area (Å²) in [5.41, 5.74) is 2.19. The van der Waals surface area contributed by atoms with Gasteiger partial charge in [0, 0.05) is 36.3 Å². The molecule has 1 aromatic carbocycles. The van der Waals surface area contributed by atoms with Crippen molar-refractivity contribution in [3.63, 3.8) is 0 Å². The summed E-state index contributed by atoms with van der Waals surface area (Å²) in [7, 11) is 0. The molecule has 29 heavy (non-hydrogen) atoms. The van der Waals surface area contributed by atoms with Gasteiger partial charge >= 0.3 is 5.69 Å². The van der Waals surface area contributed by atoms with E-state index in [0.29, 0.717) is 24.2 Å². The molecule has 0 unspecified atom stereocenters. The van der Waals surface area contributed by atoms with Gasteiger partial charge in [-0.2, -0.15) is 0 Å². The highest BCUT2D eigenvalue weighted by Gasteiger charge is 2.20. The zero-order valence-electron chi connectivity index (χ0n) is 16.6. The number of hydrogen-bond acceptors (Lipinski definition) is 5. The first kappa shape index (κ1) is 19.2. The van der Waals surface area contributed by atoms with Gasteiger partial charge in [-0.3, -0.25) is 10.1 Å². The molecule has 1 saturated carbocycles. The molecule has 0 amide bonds. The minimum absolute atomic E-state index is 0.00413. The predicted octanol–water partition coefficient (Wildman–Crippen LogP) is 5.12. The van der Waals surface area contributed by atoms with Crippen molar-refractivity contribution in [2.45, 2.75) is 45.1 Å². The number of para-hydroxylation sites is 1. The van der Waals surface area contributed by atoms with Crippen LogP contribution >= 0.6 is 0 Å². The molecule has 0 atom stereocenters. The van der Waals surface area contributed by atoms with Crippen LogP contribution in [0.15, 0.2) is 42.5 Å². The molecule has 2 aromatic heterocycles. The van der Waals surface area contributed by atoms with E-state index in [2.05, 4.69) is 39.7 Å². The van der Waals surface area contributed by atoms with Gasteiger partial charge in [-0.25, -0.2) is 4.98 Å². The number of anilines is 2. The first-order valence-corrected chi connectivity index (χ1v) is 10.3. The fourth-order valence-corrected chi connectivity index (χ4v) is 4.01. The summed E-state index contributed by atoms with van der Waals surface area (Å²) in [5.74, 6) is 1.79. The summed E-state index contributed by atoms with van der Waals surface area (Å²) in [6.45, 7) is 2.85. The molecule has 3 N–H and O–H groups in total. The number of pyridine rings is 1. The normalized spacial score (nSPS) is 19.2. The lowest BCUT2D eigenvalue weighted by Crippen LogP contribution is -2.25. The minimum atomic E-state index is -0.385. The largest absolute Gasteiger partial charge is 0.367 e. The van der Waals surface area contributed by atoms with E-state index in [-0.39, 0.29) is 10.6 Å². The van der Waals surface area contributed by atoms with E-state index in [1.165, 1.54) is 24.3 Å². The topological polar surface area (TPSA) is 95.9 Å². The summed E-state index contributed by atoms with van der Waals surface area (Å²) in [5, 5.41) is 19.2.